The minimum absolute atomic E-state index is 0.171. The van der Waals surface area contributed by atoms with Crippen LogP contribution in [0.15, 0.2) is 48.5 Å². The normalized spacial score (nSPS) is 12.6. The number of benzene rings is 2. The summed E-state index contributed by atoms with van der Waals surface area (Å²) in [5.74, 6) is -1.59. The molecule has 0 heterocycles. The number of rotatable bonds is 10. The van der Waals surface area contributed by atoms with Gasteiger partial charge in [-0.15, -0.1) is 0 Å². The predicted octanol–water partition coefficient (Wildman–Crippen LogP) is 3.62. The number of amides is 3. The van der Waals surface area contributed by atoms with Gasteiger partial charge in [-0.25, -0.2) is 4.79 Å². The minimum atomic E-state index is -1.04. The molecule has 0 aromatic heterocycles. The van der Waals surface area contributed by atoms with Crippen molar-refractivity contribution in [3.05, 3.63) is 70.8 Å². The van der Waals surface area contributed by atoms with Crippen molar-refractivity contribution in [3.63, 3.8) is 0 Å². The standard InChI is InChI=1S/C29H39N3O6/c1-8-32(25(26(34)30-18-23(33)37-7)24-19(2)13-12-14-20(24)3)27(35)22(17-21-15-10-9-11-16-21)31-28(36)38-29(4,5)6/h9-16,22,25H,8,17-18H2,1-7H3,(H,30,34)(H,31,36). The second kappa shape index (κ2) is 13.6. The molecule has 0 saturated heterocycles. The molecule has 9 heteroatoms. The predicted molar refractivity (Wildman–Crippen MR) is 144 cm³/mol. The molecular formula is C29H39N3O6. The Morgan fingerprint density at radius 2 is 1.55 bits per heavy atom. The van der Waals surface area contributed by atoms with E-state index in [0.717, 1.165) is 16.7 Å². The molecule has 0 bridgehead atoms. The Morgan fingerprint density at radius 3 is 2.08 bits per heavy atom. The van der Waals surface area contributed by atoms with Crippen molar-refractivity contribution >= 4 is 23.9 Å². The van der Waals surface area contributed by atoms with E-state index in [9.17, 15) is 19.2 Å². The maximum Gasteiger partial charge on any atom is 0.408 e. The van der Waals surface area contributed by atoms with Crippen LogP contribution in [-0.2, 0) is 30.3 Å². The third-order valence-corrected chi connectivity index (χ3v) is 5.91. The maximum absolute atomic E-state index is 14.1. The maximum atomic E-state index is 14.1. The summed E-state index contributed by atoms with van der Waals surface area (Å²) in [5, 5.41) is 5.31. The molecule has 0 radical (unpaired) electrons. The number of nitrogens with one attached hydrogen (secondary N) is 2. The Labute approximate surface area is 224 Å². The number of nitrogens with zero attached hydrogens (tertiary/aromatic N) is 1. The number of hydrogen-bond acceptors (Lipinski definition) is 6. The van der Waals surface area contributed by atoms with Crippen LogP contribution in [0.1, 0.15) is 56.0 Å². The second-order valence-electron chi connectivity index (χ2n) is 10.0. The first-order chi connectivity index (χ1) is 17.9. The summed E-state index contributed by atoms with van der Waals surface area (Å²) in [6, 6.07) is 12.8. The van der Waals surface area contributed by atoms with Gasteiger partial charge in [-0.2, -0.15) is 0 Å². The van der Waals surface area contributed by atoms with Crippen molar-refractivity contribution in [2.45, 2.75) is 65.6 Å². The van der Waals surface area contributed by atoms with E-state index in [-0.39, 0.29) is 19.5 Å². The van der Waals surface area contributed by atoms with Crippen LogP contribution >= 0.6 is 0 Å². The molecule has 0 saturated carbocycles. The summed E-state index contributed by atoms with van der Waals surface area (Å²) in [4.78, 5) is 53.5. The smallest absolute Gasteiger partial charge is 0.408 e. The van der Waals surface area contributed by atoms with E-state index in [1.807, 2.05) is 62.4 Å². The molecule has 2 atom stereocenters. The zero-order chi connectivity index (χ0) is 28.5. The zero-order valence-corrected chi connectivity index (χ0v) is 23.3. The molecule has 2 unspecified atom stereocenters. The molecule has 206 valence electrons. The molecule has 0 aliphatic rings. The molecule has 2 N–H and O–H groups in total. The Balaban J connectivity index is 2.52. The van der Waals surface area contributed by atoms with Crippen LogP contribution in [0.3, 0.4) is 0 Å². The first-order valence-electron chi connectivity index (χ1n) is 12.6. The largest absolute Gasteiger partial charge is 0.468 e. The van der Waals surface area contributed by atoms with E-state index >= 15 is 0 Å². The summed E-state index contributed by atoms with van der Waals surface area (Å²) >= 11 is 0. The van der Waals surface area contributed by atoms with Crippen molar-refractivity contribution in [2.75, 3.05) is 20.2 Å². The lowest BCUT2D eigenvalue weighted by atomic mass is 9.93. The van der Waals surface area contributed by atoms with Crippen molar-refractivity contribution < 1.29 is 28.7 Å². The van der Waals surface area contributed by atoms with Crippen LogP contribution < -0.4 is 10.6 Å². The molecule has 3 amide bonds. The molecule has 0 aliphatic heterocycles. The summed E-state index contributed by atoms with van der Waals surface area (Å²) in [5.41, 5.74) is 2.35. The highest BCUT2D eigenvalue weighted by atomic mass is 16.6. The fraction of sp³-hybridized carbons (Fsp3) is 0.448. The molecule has 2 aromatic carbocycles. The van der Waals surface area contributed by atoms with Crippen molar-refractivity contribution in [1.82, 2.24) is 15.5 Å². The number of ether oxygens (including phenoxy) is 2. The molecule has 0 aliphatic carbocycles. The Morgan fingerprint density at radius 1 is 0.947 bits per heavy atom. The lowest BCUT2D eigenvalue weighted by Gasteiger charge is -2.35. The highest BCUT2D eigenvalue weighted by Crippen LogP contribution is 2.28. The number of carbonyl (C=O) groups is 4. The quantitative estimate of drug-likeness (QED) is 0.458. The molecule has 38 heavy (non-hydrogen) atoms. The third-order valence-electron chi connectivity index (χ3n) is 5.91. The molecule has 9 nitrogen and oxygen atoms in total. The van der Waals surface area contributed by atoms with Gasteiger partial charge in [0.2, 0.25) is 11.8 Å². The van der Waals surface area contributed by atoms with Gasteiger partial charge in [0.25, 0.3) is 0 Å². The van der Waals surface area contributed by atoms with Gasteiger partial charge in [-0.3, -0.25) is 14.4 Å². The minimum Gasteiger partial charge on any atom is -0.468 e. The Hall–Kier alpha value is -3.88. The van der Waals surface area contributed by atoms with Gasteiger partial charge in [-0.1, -0.05) is 48.5 Å². The van der Waals surface area contributed by atoms with Crippen LogP contribution in [0.4, 0.5) is 4.79 Å². The fourth-order valence-corrected chi connectivity index (χ4v) is 4.18. The average molecular weight is 526 g/mol. The SMILES string of the molecule is CCN(C(=O)C(Cc1ccccc1)NC(=O)OC(C)(C)C)C(C(=O)NCC(=O)OC)c1c(C)cccc1C. The highest BCUT2D eigenvalue weighted by Gasteiger charge is 2.37. The lowest BCUT2D eigenvalue weighted by molar-refractivity contribution is -0.144. The van der Waals surface area contributed by atoms with Crippen LogP contribution in [0.5, 0.6) is 0 Å². The summed E-state index contributed by atoms with van der Waals surface area (Å²) in [6.07, 6.45) is -0.542. The first-order valence-corrected chi connectivity index (χ1v) is 12.6. The summed E-state index contributed by atoms with van der Waals surface area (Å²) < 4.78 is 10.1. The fourth-order valence-electron chi connectivity index (χ4n) is 4.18. The average Bonchev–Trinajstić information content (AvgIpc) is 2.85. The molecular weight excluding hydrogens is 486 g/mol. The topological polar surface area (TPSA) is 114 Å². The zero-order valence-electron chi connectivity index (χ0n) is 23.3. The van der Waals surface area contributed by atoms with Crippen LogP contribution in [0.25, 0.3) is 0 Å². The van der Waals surface area contributed by atoms with Gasteiger partial charge in [0.15, 0.2) is 0 Å². The number of likely N-dealkylation sites (N-methyl/N-ethyl adjacent to an activating group) is 1. The molecule has 2 aromatic rings. The molecule has 0 spiro atoms. The third kappa shape index (κ3) is 8.61. The van der Waals surface area contributed by atoms with Crippen molar-refractivity contribution in [2.24, 2.45) is 0 Å². The number of hydrogen-bond donors (Lipinski definition) is 2. The molecule has 0 fully saturated rings. The van der Waals surface area contributed by atoms with Gasteiger partial charge in [0.1, 0.15) is 24.2 Å². The van der Waals surface area contributed by atoms with Gasteiger partial charge >= 0.3 is 12.1 Å². The van der Waals surface area contributed by atoms with E-state index < -0.39 is 41.6 Å². The second-order valence-corrected chi connectivity index (χ2v) is 10.0. The van der Waals surface area contributed by atoms with Crippen molar-refractivity contribution in [1.29, 1.82) is 0 Å². The van der Waals surface area contributed by atoms with Crippen molar-refractivity contribution in [3.8, 4) is 0 Å². The number of alkyl carbamates (subject to hydrolysis) is 1. The van der Waals surface area contributed by atoms with E-state index in [2.05, 4.69) is 15.4 Å². The number of aryl methyl sites for hydroxylation is 2. The first kappa shape index (κ1) is 30.3. The number of esters is 1. The van der Waals surface area contributed by atoms with Crippen LogP contribution in [0, 0.1) is 13.8 Å². The summed E-state index contributed by atoms with van der Waals surface area (Å²) in [7, 11) is 1.23. The Kier molecular flexibility index (Phi) is 10.9. The monoisotopic (exact) mass is 525 g/mol. The van der Waals surface area contributed by atoms with E-state index in [1.165, 1.54) is 12.0 Å². The van der Waals surface area contributed by atoms with E-state index in [0.29, 0.717) is 5.56 Å². The Bertz CT molecular complexity index is 1110. The van der Waals surface area contributed by atoms with E-state index in [4.69, 9.17) is 4.74 Å². The summed E-state index contributed by atoms with van der Waals surface area (Å²) in [6.45, 7) is 10.5. The molecule has 2 rings (SSSR count). The van der Waals surface area contributed by atoms with E-state index in [1.54, 1.807) is 27.7 Å². The van der Waals surface area contributed by atoms with Gasteiger partial charge in [0, 0.05) is 13.0 Å². The van der Waals surface area contributed by atoms with Gasteiger partial charge in [-0.05, 0) is 63.8 Å². The van der Waals surface area contributed by atoms with Gasteiger partial charge < -0.3 is 25.0 Å². The van der Waals surface area contributed by atoms with Gasteiger partial charge in [0.05, 0.1) is 7.11 Å². The lowest BCUT2D eigenvalue weighted by Crippen LogP contribution is -2.54. The number of methoxy groups -OCH3 is 1. The number of carbonyl (C=O) groups excluding carboxylic acids is 4. The highest BCUT2D eigenvalue weighted by molar-refractivity contribution is 5.93. The van der Waals surface area contributed by atoms with Crippen LogP contribution in [0.2, 0.25) is 0 Å². The van der Waals surface area contributed by atoms with Crippen LogP contribution in [-0.4, -0.2) is 60.6 Å².